The van der Waals surface area contributed by atoms with Crippen LogP contribution in [0, 0.1) is 5.82 Å². The lowest BCUT2D eigenvalue weighted by Crippen LogP contribution is -2.37. The fraction of sp³-hybridized carbons (Fsp3) is 0.318. The van der Waals surface area contributed by atoms with Gasteiger partial charge in [0.25, 0.3) is 5.56 Å². The number of fused-ring (bicyclic) bond motifs is 1. The van der Waals surface area contributed by atoms with Gasteiger partial charge >= 0.3 is 0 Å². The van der Waals surface area contributed by atoms with Gasteiger partial charge in [-0.2, -0.15) is 0 Å². The molecule has 1 aliphatic heterocycles. The number of hydrogen-bond acceptors (Lipinski definition) is 3. The Hall–Kier alpha value is -2.54. The lowest BCUT2D eigenvalue weighted by Gasteiger charge is -2.25. The number of aromatic nitrogens is 2. The summed E-state index contributed by atoms with van der Waals surface area (Å²) in [7, 11) is 0. The first-order valence-corrected chi connectivity index (χ1v) is 10.5. The molecule has 4 rings (SSSR count). The number of amides is 1. The molecule has 1 unspecified atom stereocenters. The van der Waals surface area contributed by atoms with Crippen LogP contribution in [0.1, 0.15) is 24.8 Å². The molecule has 29 heavy (non-hydrogen) atoms. The lowest BCUT2D eigenvalue weighted by molar-refractivity contribution is -0.132. The largest absolute Gasteiger partial charge is 0.339 e. The summed E-state index contributed by atoms with van der Waals surface area (Å²) in [6.45, 7) is 0.993. The molecule has 0 aliphatic carbocycles. The molecule has 1 atom stereocenters. The fourth-order valence-electron chi connectivity index (χ4n) is 3.96. The summed E-state index contributed by atoms with van der Waals surface area (Å²) < 4.78 is 15.8. The van der Waals surface area contributed by atoms with Crippen molar-refractivity contribution in [3.05, 3.63) is 75.0 Å². The number of nitrogens with zero attached hydrogens (tertiary/aromatic N) is 3. The highest BCUT2D eigenvalue weighted by Crippen LogP contribution is 2.22. The highest BCUT2D eigenvalue weighted by molar-refractivity contribution is 9.10. The summed E-state index contributed by atoms with van der Waals surface area (Å²) in [5.41, 5.74) is 1.38. The van der Waals surface area contributed by atoms with E-state index in [-0.39, 0.29) is 36.3 Å². The first-order valence-electron chi connectivity index (χ1n) is 9.70. The van der Waals surface area contributed by atoms with E-state index in [1.165, 1.54) is 23.0 Å². The highest BCUT2D eigenvalue weighted by atomic mass is 79.9. The molecule has 0 spiro atoms. The zero-order valence-corrected chi connectivity index (χ0v) is 17.4. The van der Waals surface area contributed by atoms with Gasteiger partial charge in [-0.25, -0.2) is 9.37 Å². The minimum atomic E-state index is -0.256. The van der Waals surface area contributed by atoms with Crippen LogP contribution in [0.3, 0.4) is 0 Å². The average Bonchev–Trinajstić information content (AvgIpc) is 3.16. The predicted molar refractivity (Wildman–Crippen MR) is 113 cm³/mol. The molecule has 0 saturated carbocycles. The van der Waals surface area contributed by atoms with E-state index in [1.54, 1.807) is 18.2 Å². The standard InChI is InChI=1S/C22H21BrFN3O2/c23-16-6-7-20-19(13-16)22(29)26(14-25-20)10-8-21(28)27-9-2-5-18(27)12-15-3-1-4-17(24)11-15/h1,3-4,6-7,11,13-14,18H,2,5,8-10,12H2. The second-order valence-corrected chi connectivity index (χ2v) is 8.29. The molecular weight excluding hydrogens is 437 g/mol. The Bertz CT molecular complexity index is 1110. The van der Waals surface area contributed by atoms with Crippen molar-refractivity contribution in [3.63, 3.8) is 0 Å². The molecule has 2 heterocycles. The summed E-state index contributed by atoms with van der Waals surface area (Å²) in [6, 6.07) is 12.0. The van der Waals surface area contributed by atoms with Crippen LogP contribution in [0.25, 0.3) is 10.9 Å². The quantitative estimate of drug-likeness (QED) is 0.583. The molecule has 0 radical (unpaired) electrons. The van der Waals surface area contributed by atoms with Crippen molar-refractivity contribution in [2.24, 2.45) is 0 Å². The van der Waals surface area contributed by atoms with E-state index in [9.17, 15) is 14.0 Å². The Labute approximate surface area is 176 Å². The van der Waals surface area contributed by atoms with Crippen molar-refractivity contribution in [2.45, 2.75) is 38.3 Å². The van der Waals surface area contributed by atoms with Crippen LogP contribution in [0.5, 0.6) is 0 Å². The summed E-state index contributed by atoms with van der Waals surface area (Å²) in [5, 5.41) is 0.527. The van der Waals surface area contributed by atoms with E-state index in [0.717, 1.165) is 22.9 Å². The Morgan fingerprint density at radius 2 is 2.10 bits per heavy atom. The van der Waals surface area contributed by atoms with Crippen molar-refractivity contribution >= 4 is 32.7 Å². The van der Waals surface area contributed by atoms with E-state index in [0.29, 0.717) is 23.9 Å². The van der Waals surface area contributed by atoms with Gasteiger partial charge in [-0.1, -0.05) is 28.1 Å². The number of carbonyl (C=O) groups is 1. The molecule has 7 heteroatoms. The summed E-state index contributed by atoms with van der Waals surface area (Å²) >= 11 is 3.38. The van der Waals surface area contributed by atoms with E-state index in [1.807, 2.05) is 17.0 Å². The van der Waals surface area contributed by atoms with Crippen molar-refractivity contribution in [1.29, 1.82) is 0 Å². The molecule has 1 fully saturated rings. The van der Waals surface area contributed by atoms with Crippen LogP contribution >= 0.6 is 15.9 Å². The molecule has 2 aromatic carbocycles. The highest BCUT2D eigenvalue weighted by Gasteiger charge is 2.28. The Kier molecular flexibility index (Phi) is 5.76. The molecule has 1 amide bonds. The third-order valence-corrected chi connectivity index (χ3v) is 5.90. The van der Waals surface area contributed by atoms with E-state index in [4.69, 9.17) is 0 Å². The summed E-state index contributed by atoms with van der Waals surface area (Å²) in [6.07, 6.45) is 4.24. The Balaban J connectivity index is 1.44. The van der Waals surface area contributed by atoms with Gasteiger partial charge in [0.1, 0.15) is 5.82 Å². The molecule has 5 nitrogen and oxygen atoms in total. The van der Waals surface area contributed by atoms with Gasteiger partial charge in [0.05, 0.1) is 17.2 Å². The van der Waals surface area contributed by atoms with Crippen LogP contribution in [0.15, 0.2) is 58.1 Å². The monoisotopic (exact) mass is 457 g/mol. The molecule has 0 bridgehead atoms. The van der Waals surface area contributed by atoms with Gasteiger partial charge < -0.3 is 4.90 Å². The molecular formula is C22H21BrFN3O2. The number of rotatable bonds is 5. The van der Waals surface area contributed by atoms with Gasteiger partial charge in [0.15, 0.2) is 0 Å². The maximum absolute atomic E-state index is 13.5. The van der Waals surface area contributed by atoms with Crippen LogP contribution in [0.4, 0.5) is 4.39 Å². The molecule has 1 saturated heterocycles. The minimum absolute atomic E-state index is 0.0187. The summed E-state index contributed by atoms with van der Waals surface area (Å²) in [4.78, 5) is 31.7. The van der Waals surface area contributed by atoms with E-state index < -0.39 is 0 Å². The molecule has 1 aliphatic rings. The van der Waals surface area contributed by atoms with Crippen molar-refractivity contribution in [2.75, 3.05) is 6.54 Å². The van der Waals surface area contributed by atoms with E-state index in [2.05, 4.69) is 20.9 Å². The van der Waals surface area contributed by atoms with Crippen LogP contribution in [-0.4, -0.2) is 32.9 Å². The first-order chi connectivity index (χ1) is 14.0. The van der Waals surface area contributed by atoms with Crippen LogP contribution in [-0.2, 0) is 17.8 Å². The maximum atomic E-state index is 13.5. The topological polar surface area (TPSA) is 55.2 Å². The van der Waals surface area contributed by atoms with Gasteiger partial charge in [-0.3, -0.25) is 14.2 Å². The van der Waals surface area contributed by atoms with Crippen LogP contribution < -0.4 is 5.56 Å². The van der Waals surface area contributed by atoms with Gasteiger partial charge in [0, 0.05) is 30.0 Å². The maximum Gasteiger partial charge on any atom is 0.261 e. The fourth-order valence-corrected chi connectivity index (χ4v) is 4.32. The van der Waals surface area contributed by atoms with Crippen molar-refractivity contribution in [3.8, 4) is 0 Å². The molecule has 1 aromatic heterocycles. The first kappa shape index (κ1) is 19.8. The third kappa shape index (κ3) is 4.40. The van der Waals surface area contributed by atoms with Gasteiger partial charge in [0.2, 0.25) is 5.91 Å². The summed E-state index contributed by atoms with van der Waals surface area (Å²) in [5.74, 6) is -0.238. The number of benzene rings is 2. The van der Waals surface area contributed by atoms with Gasteiger partial charge in [-0.05, 0) is 55.2 Å². The molecule has 3 aromatic rings. The average molecular weight is 458 g/mol. The van der Waals surface area contributed by atoms with Crippen molar-refractivity contribution in [1.82, 2.24) is 14.5 Å². The number of likely N-dealkylation sites (tertiary alicyclic amines) is 1. The number of halogens is 2. The predicted octanol–water partition coefficient (Wildman–Crippen LogP) is 3.92. The van der Waals surface area contributed by atoms with E-state index >= 15 is 0 Å². The van der Waals surface area contributed by atoms with Crippen LogP contribution in [0.2, 0.25) is 0 Å². The zero-order chi connectivity index (χ0) is 20.4. The minimum Gasteiger partial charge on any atom is -0.339 e. The molecule has 0 N–H and O–H groups in total. The second kappa shape index (κ2) is 8.45. The molecule has 150 valence electrons. The van der Waals surface area contributed by atoms with Crippen molar-refractivity contribution < 1.29 is 9.18 Å². The number of hydrogen-bond donors (Lipinski definition) is 0. The normalized spacial score (nSPS) is 16.5. The van der Waals surface area contributed by atoms with Gasteiger partial charge in [-0.15, -0.1) is 0 Å². The SMILES string of the molecule is O=C(CCn1cnc2ccc(Br)cc2c1=O)N1CCCC1Cc1cccc(F)c1. The Morgan fingerprint density at radius 3 is 2.93 bits per heavy atom. The third-order valence-electron chi connectivity index (χ3n) is 5.41. The number of aryl methyl sites for hydroxylation is 1. The lowest BCUT2D eigenvalue weighted by atomic mass is 10.0. The number of carbonyl (C=O) groups excluding carboxylic acids is 1. The zero-order valence-electron chi connectivity index (χ0n) is 15.9. The second-order valence-electron chi connectivity index (χ2n) is 7.37. The smallest absolute Gasteiger partial charge is 0.261 e. The Morgan fingerprint density at radius 1 is 1.24 bits per heavy atom.